The van der Waals surface area contributed by atoms with Crippen LogP contribution in [0.3, 0.4) is 0 Å². The van der Waals surface area contributed by atoms with Gasteiger partial charge in [-0.3, -0.25) is 19.5 Å². The Hall–Kier alpha value is -4.86. The number of H-pyrrole nitrogens is 1. The molecule has 0 bridgehead atoms. The molecule has 212 valence electrons. The number of Topliss-reactive ketones (excluding diaryl/α,β-unsaturated/α-hetero) is 1. The molecule has 2 aromatic heterocycles. The molecule has 10 heteroatoms. The smallest absolute Gasteiger partial charge is 0.302 e. The van der Waals surface area contributed by atoms with Crippen LogP contribution in [0.4, 0.5) is 5.95 Å². The monoisotopic (exact) mass is 556 g/mol. The van der Waals surface area contributed by atoms with E-state index in [0.717, 1.165) is 5.56 Å². The number of rotatable bonds is 7. The zero-order valence-electron chi connectivity index (χ0n) is 23.8. The van der Waals surface area contributed by atoms with Crippen LogP contribution in [0.5, 0.6) is 17.2 Å². The van der Waals surface area contributed by atoms with Crippen LogP contribution in [0, 0.1) is 0 Å². The summed E-state index contributed by atoms with van der Waals surface area (Å²) >= 11 is 0. The lowest BCUT2D eigenvalue weighted by Gasteiger charge is -2.24. The first-order valence-electron chi connectivity index (χ1n) is 13.2. The Morgan fingerprint density at radius 3 is 2.41 bits per heavy atom. The van der Waals surface area contributed by atoms with Gasteiger partial charge < -0.3 is 24.3 Å². The number of hydrogen-bond donors (Lipinski definition) is 2. The van der Waals surface area contributed by atoms with Gasteiger partial charge in [-0.1, -0.05) is 26.8 Å². The molecule has 1 aliphatic rings. The molecule has 0 aliphatic carbocycles. The summed E-state index contributed by atoms with van der Waals surface area (Å²) in [5.74, 6) is -0.201. The molecule has 5 rings (SSSR count). The molecule has 2 aromatic carbocycles. The van der Waals surface area contributed by atoms with Crippen molar-refractivity contribution in [3.8, 4) is 17.2 Å². The Morgan fingerprint density at radius 1 is 1.05 bits per heavy atom. The molecule has 0 saturated carbocycles. The van der Waals surface area contributed by atoms with Crippen LogP contribution in [0.25, 0.3) is 16.8 Å². The van der Waals surface area contributed by atoms with Gasteiger partial charge in [0.2, 0.25) is 5.95 Å². The summed E-state index contributed by atoms with van der Waals surface area (Å²) in [4.78, 5) is 40.4. The second-order valence-electron chi connectivity index (χ2n) is 10.6. The number of aromatic amines is 1. The van der Waals surface area contributed by atoms with E-state index in [0.29, 0.717) is 46.0 Å². The second kappa shape index (κ2) is 10.6. The third-order valence-corrected chi connectivity index (χ3v) is 7.01. The highest BCUT2D eigenvalue weighted by Crippen LogP contribution is 2.43. The van der Waals surface area contributed by atoms with Crippen molar-refractivity contribution in [2.24, 2.45) is 0 Å². The van der Waals surface area contributed by atoms with Crippen molar-refractivity contribution in [3.63, 3.8) is 0 Å². The Bertz CT molecular complexity index is 1630. The highest BCUT2D eigenvalue weighted by molar-refractivity contribution is 6.51. The molecule has 3 heterocycles. The number of anilines is 1. The molecule has 1 fully saturated rings. The average molecular weight is 557 g/mol. The van der Waals surface area contributed by atoms with Gasteiger partial charge in [-0.15, -0.1) is 0 Å². The van der Waals surface area contributed by atoms with Gasteiger partial charge in [0.15, 0.2) is 11.5 Å². The van der Waals surface area contributed by atoms with Crippen molar-refractivity contribution < 1.29 is 28.9 Å². The molecule has 1 unspecified atom stereocenters. The van der Waals surface area contributed by atoms with E-state index in [2.05, 4.69) is 15.0 Å². The van der Waals surface area contributed by atoms with E-state index < -0.39 is 17.7 Å². The van der Waals surface area contributed by atoms with Crippen molar-refractivity contribution in [1.82, 2.24) is 15.0 Å². The second-order valence-corrected chi connectivity index (χ2v) is 10.6. The number of carbonyl (C=O) groups is 2. The van der Waals surface area contributed by atoms with Gasteiger partial charge in [0.1, 0.15) is 11.5 Å². The van der Waals surface area contributed by atoms with Crippen LogP contribution in [0.1, 0.15) is 50.4 Å². The number of carbonyl (C=O) groups excluding carboxylic acids is 2. The van der Waals surface area contributed by atoms with Crippen LogP contribution in [-0.2, 0) is 15.0 Å². The summed E-state index contributed by atoms with van der Waals surface area (Å²) in [6.45, 7) is 8.49. The number of pyridine rings is 1. The lowest BCUT2D eigenvalue weighted by molar-refractivity contribution is -0.132. The fourth-order valence-corrected chi connectivity index (χ4v) is 5.04. The highest BCUT2D eigenvalue weighted by Gasteiger charge is 2.48. The number of ketones is 1. The third kappa shape index (κ3) is 4.86. The van der Waals surface area contributed by atoms with Gasteiger partial charge in [0.05, 0.1) is 43.5 Å². The molecule has 2 N–H and O–H groups in total. The van der Waals surface area contributed by atoms with E-state index in [4.69, 9.17) is 14.2 Å². The molecule has 41 heavy (non-hydrogen) atoms. The first-order chi connectivity index (χ1) is 19.6. The Kier molecular flexibility index (Phi) is 7.17. The Balaban J connectivity index is 1.70. The average Bonchev–Trinajstić information content (AvgIpc) is 3.49. The van der Waals surface area contributed by atoms with E-state index in [1.165, 1.54) is 19.1 Å². The number of aromatic nitrogens is 3. The normalized spacial score (nSPS) is 16.8. The highest BCUT2D eigenvalue weighted by atomic mass is 16.5. The van der Waals surface area contributed by atoms with Crippen LogP contribution in [0.2, 0.25) is 0 Å². The molecule has 1 saturated heterocycles. The third-order valence-electron chi connectivity index (χ3n) is 7.01. The summed E-state index contributed by atoms with van der Waals surface area (Å²) in [7, 11) is 3.04. The SMILES string of the molecule is CCOc1ccc(/C(O)=C2\C(=O)C(=O)N(c3nc4cc(OC)c(OC)cc4[nH]3)C2c2cccnc2)cc1C(C)(C)C. The minimum atomic E-state index is -0.988. The van der Waals surface area contributed by atoms with Crippen molar-refractivity contribution in [2.45, 2.75) is 39.2 Å². The van der Waals surface area contributed by atoms with Crippen molar-refractivity contribution in [3.05, 3.63) is 77.1 Å². The minimum Gasteiger partial charge on any atom is -0.507 e. The van der Waals surface area contributed by atoms with Crippen LogP contribution in [-0.4, -0.2) is 52.6 Å². The van der Waals surface area contributed by atoms with E-state index in [1.54, 1.807) is 54.9 Å². The summed E-state index contributed by atoms with van der Waals surface area (Å²) in [5, 5.41) is 11.6. The number of amides is 1. The zero-order chi connectivity index (χ0) is 29.5. The standard InChI is InChI=1S/C31H32N4O6/c1-7-41-22-11-10-17(13-19(22)31(2,3)4)27(36)25-26(18-9-8-12-32-16-18)35(29(38)28(25)37)30-33-20-14-23(39-5)24(40-6)15-21(20)34-30/h8-16,26,36H,7H2,1-6H3,(H,33,34)/b27-25+. The maximum Gasteiger partial charge on any atom is 0.302 e. The predicted octanol–water partition coefficient (Wildman–Crippen LogP) is 5.30. The topological polar surface area (TPSA) is 127 Å². The largest absolute Gasteiger partial charge is 0.507 e. The number of nitrogens with one attached hydrogen (secondary N) is 1. The lowest BCUT2D eigenvalue weighted by atomic mass is 9.84. The van der Waals surface area contributed by atoms with E-state index >= 15 is 0 Å². The van der Waals surface area contributed by atoms with Crippen LogP contribution >= 0.6 is 0 Å². The molecular formula is C31H32N4O6. The summed E-state index contributed by atoms with van der Waals surface area (Å²) in [6.07, 6.45) is 3.15. The van der Waals surface area contributed by atoms with Gasteiger partial charge in [0.25, 0.3) is 5.78 Å². The molecule has 0 radical (unpaired) electrons. The number of nitrogens with zero attached hydrogens (tertiary/aromatic N) is 3. The van der Waals surface area contributed by atoms with Crippen LogP contribution in [0.15, 0.2) is 60.4 Å². The fourth-order valence-electron chi connectivity index (χ4n) is 5.04. The fraction of sp³-hybridized carbons (Fsp3) is 0.290. The number of imidazole rings is 1. The van der Waals surface area contributed by atoms with Crippen molar-refractivity contribution in [1.29, 1.82) is 0 Å². The van der Waals surface area contributed by atoms with Gasteiger partial charge in [-0.05, 0) is 42.2 Å². The maximum absolute atomic E-state index is 13.6. The molecule has 10 nitrogen and oxygen atoms in total. The number of benzene rings is 2. The molecular weight excluding hydrogens is 524 g/mol. The molecule has 1 atom stereocenters. The van der Waals surface area contributed by atoms with Crippen LogP contribution < -0.4 is 19.1 Å². The van der Waals surface area contributed by atoms with Crippen molar-refractivity contribution >= 4 is 34.4 Å². The van der Waals surface area contributed by atoms with E-state index in [-0.39, 0.29) is 22.7 Å². The van der Waals surface area contributed by atoms with E-state index in [9.17, 15) is 14.7 Å². The molecule has 1 amide bonds. The number of methoxy groups -OCH3 is 2. The summed E-state index contributed by atoms with van der Waals surface area (Å²) in [6, 6.07) is 11.1. The predicted molar refractivity (Wildman–Crippen MR) is 155 cm³/mol. The summed E-state index contributed by atoms with van der Waals surface area (Å²) in [5.41, 5.74) is 2.48. The quantitative estimate of drug-likeness (QED) is 0.178. The number of ether oxygens (including phenoxy) is 3. The van der Waals surface area contributed by atoms with Gasteiger partial charge in [0, 0.05) is 35.7 Å². The maximum atomic E-state index is 13.6. The Labute approximate surface area is 237 Å². The molecule has 4 aromatic rings. The lowest BCUT2D eigenvalue weighted by Crippen LogP contribution is -2.30. The molecule has 1 aliphatic heterocycles. The first kappa shape index (κ1) is 27.7. The number of aliphatic hydroxyl groups excluding tert-OH is 1. The minimum absolute atomic E-state index is 0.0670. The summed E-state index contributed by atoms with van der Waals surface area (Å²) < 4.78 is 16.6. The zero-order valence-corrected chi connectivity index (χ0v) is 23.8. The molecule has 0 spiro atoms. The van der Waals surface area contributed by atoms with E-state index in [1.807, 2.05) is 27.7 Å². The number of aliphatic hydroxyl groups is 1. The van der Waals surface area contributed by atoms with Gasteiger partial charge in [-0.2, -0.15) is 0 Å². The number of fused-ring (bicyclic) bond motifs is 1. The van der Waals surface area contributed by atoms with Crippen molar-refractivity contribution in [2.75, 3.05) is 25.7 Å². The Morgan fingerprint density at radius 2 is 1.78 bits per heavy atom. The number of hydrogen-bond acceptors (Lipinski definition) is 8. The van der Waals surface area contributed by atoms with Gasteiger partial charge in [-0.25, -0.2) is 4.98 Å². The van der Waals surface area contributed by atoms with Gasteiger partial charge >= 0.3 is 5.91 Å². The first-order valence-corrected chi connectivity index (χ1v) is 13.2.